The number of benzene rings is 2. The van der Waals surface area contributed by atoms with Crippen LogP contribution in [0.25, 0.3) is 0 Å². The van der Waals surface area contributed by atoms with Gasteiger partial charge in [-0.1, -0.05) is 25.0 Å². The van der Waals surface area contributed by atoms with Crippen LogP contribution in [-0.4, -0.2) is 44.5 Å². The summed E-state index contributed by atoms with van der Waals surface area (Å²) in [7, 11) is 2.94. The maximum atomic E-state index is 13.1. The molecule has 174 valence electrons. The van der Waals surface area contributed by atoms with E-state index in [0.29, 0.717) is 12.2 Å². The Morgan fingerprint density at radius 1 is 1.03 bits per heavy atom. The predicted octanol–water partition coefficient (Wildman–Crippen LogP) is 5.79. The molecule has 2 aromatic carbocycles. The molecule has 0 aromatic heterocycles. The van der Waals surface area contributed by atoms with Crippen molar-refractivity contribution in [2.75, 3.05) is 32.7 Å². The Kier molecular flexibility index (Phi) is 7.71. The summed E-state index contributed by atoms with van der Waals surface area (Å²) in [4.78, 5) is 14.9. The van der Waals surface area contributed by atoms with Crippen molar-refractivity contribution in [3.05, 3.63) is 48.0 Å². The Morgan fingerprint density at radius 2 is 1.78 bits per heavy atom. The van der Waals surface area contributed by atoms with E-state index in [0.717, 1.165) is 37.0 Å². The lowest BCUT2D eigenvalue weighted by atomic mass is 10.0. The quantitative estimate of drug-likeness (QED) is 0.602. The average molecular weight is 452 g/mol. The van der Waals surface area contributed by atoms with Crippen molar-refractivity contribution < 1.29 is 32.2 Å². The van der Waals surface area contributed by atoms with E-state index >= 15 is 0 Å². The number of hydrogen-bond donors (Lipinski definition) is 1. The third kappa shape index (κ3) is 6.21. The van der Waals surface area contributed by atoms with Crippen molar-refractivity contribution in [2.24, 2.45) is 0 Å². The van der Waals surface area contributed by atoms with Gasteiger partial charge in [0.2, 0.25) is 0 Å². The van der Waals surface area contributed by atoms with Gasteiger partial charge in [-0.25, -0.2) is 4.79 Å². The smallest absolute Gasteiger partial charge is 0.422 e. The molecule has 3 rings (SSSR count). The molecule has 0 bridgehead atoms. The normalized spacial score (nSPS) is 16.8. The van der Waals surface area contributed by atoms with E-state index in [4.69, 9.17) is 14.2 Å². The zero-order valence-corrected chi connectivity index (χ0v) is 18.1. The summed E-state index contributed by atoms with van der Waals surface area (Å²) < 4.78 is 52.9. The lowest BCUT2D eigenvalue weighted by Gasteiger charge is -2.30. The van der Waals surface area contributed by atoms with Crippen LogP contribution in [0.1, 0.15) is 37.3 Å². The number of likely N-dealkylation sites (tertiary alicyclic amines) is 1. The maximum Gasteiger partial charge on any atom is 0.422 e. The van der Waals surface area contributed by atoms with Gasteiger partial charge >= 0.3 is 12.2 Å². The number of urea groups is 1. The second kappa shape index (κ2) is 10.5. The zero-order chi connectivity index (χ0) is 23.1. The first-order chi connectivity index (χ1) is 15.3. The largest absolute Gasteiger partial charge is 0.497 e. The van der Waals surface area contributed by atoms with Crippen molar-refractivity contribution >= 4 is 11.7 Å². The van der Waals surface area contributed by atoms with E-state index in [1.807, 2.05) is 24.3 Å². The Bertz CT molecular complexity index is 903. The molecule has 2 aromatic rings. The number of nitrogens with zero attached hydrogens (tertiary/aromatic N) is 1. The molecule has 0 radical (unpaired) electrons. The van der Waals surface area contributed by atoms with Crippen LogP contribution >= 0.6 is 0 Å². The third-order valence-electron chi connectivity index (χ3n) is 5.32. The number of carbonyl (C=O) groups excluding carboxylic acids is 1. The zero-order valence-electron chi connectivity index (χ0n) is 18.1. The fraction of sp³-hybridized carbons (Fsp3) is 0.435. The molecule has 1 N–H and O–H groups in total. The van der Waals surface area contributed by atoms with E-state index in [2.05, 4.69) is 5.32 Å². The van der Waals surface area contributed by atoms with Crippen molar-refractivity contribution in [3.8, 4) is 17.2 Å². The second-order valence-electron chi connectivity index (χ2n) is 7.53. The molecule has 1 saturated heterocycles. The van der Waals surface area contributed by atoms with Crippen LogP contribution in [0.4, 0.5) is 23.7 Å². The van der Waals surface area contributed by atoms with E-state index in [1.165, 1.54) is 19.2 Å². The van der Waals surface area contributed by atoms with Crippen LogP contribution in [0.5, 0.6) is 17.2 Å². The van der Waals surface area contributed by atoms with E-state index in [1.54, 1.807) is 18.1 Å². The molecule has 6 nitrogen and oxygen atoms in total. The summed E-state index contributed by atoms with van der Waals surface area (Å²) in [5.41, 5.74) is 1.33. The Morgan fingerprint density at radius 3 is 2.44 bits per heavy atom. The third-order valence-corrected chi connectivity index (χ3v) is 5.32. The van der Waals surface area contributed by atoms with Crippen molar-refractivity contribution in [2.45, 2.75) is 37.9 Å². The van der Waals surface area contributed by atoms with Crippen LogP contribution in [-0.2, 0) is 0 Å². The molecule has 1 atom stereocenters. The second-order valence-corrected chi connectivity index (χ2v) is 7.53. The molecule has 1 unspecified atom stereocenters. The Balaban J connectivity index is 1.78. The molecule has 1 fully saturated rings. The van der Waals surface area contributed by atoms with Gasteiger partial charge in [0.05, 0.1) is 20.3 Å². The molecule has 1 aliphatic heterocycles. The number of hydrogen-bond acceptors (Lipinski definition) is 4. The highest BCUT2D eigenvalue weighted by atomic mass is 19.4. The fourth-order valence-electron chi connectivity index (χ4n) is 3.75. The Hall–Kier alpha value is -3.10. The maximum absolute atomic E-state index is 13.1. The minimum Gasteiger partial charge on any atom is -0.497 e. The van der Waals surface area contributed by atoms with Gasteiger partial charge in [-0.15, -0.1) is 0 Å². The number of methoxy groups -OCH3 is 2. The van der Waals surface area contributed by atoms with Gasteiger partial charge in [-0.3, -0.25) is 0 Å². The molecular weight excluding hydrogens is 425 g/mol. The summed E-state index contributed by atoms with van der Waals surface area (Å²) in [6.45, 7) is -0.872. The lowest BCUT2D eigenvalue weighted by molar-refractivity contribution is -0.153. The molecule has 0 saturated carbocycles. The van der Waals surface area contributed by atoms with Crippen LogP contribution in [0.15, 0.2) is 42.5 Å². The first kappa shape index (κ1) is 23.6. The first-order valence-electron chi connectivity index (χ1n) is 10.4. The van der Waals surface area contributed by atoms with Crippen molar-refractivity contribution in [1.29, 1.82) is 0 Å². The molecule has 0 aliphatic carbocycles. The molecule has 0 spiro atoms. The van der Waals surface area contributed by atoms with Gasteiger partial charge in [0.15, 0.2) is 18.1 Å². The topological polar surface area (TPSA) is 60.0 Å². The highest BCUT2D eigenvalue weighted by Crippen LogP contribution is 2.34. The lowest BCUT2D eigenvalue weighted by Crippen LogP contribution is -2.38. The van der Waals surface area contributed by atoms with Crippen LogP contribution < -0.4 is 19.5 Å². The summed E-state index contributed by atoms with van der Waals surface area (Å²) in [6.07, 6.45) is -0.764. The van der Waals surface area contributed by atoms with Crippen molar-refractivity contribution in [3.63, 3.8) is 0 Å². The standard InChI is InChI=1S/C23H27F3N2O4/c1-30-18-10-7-16(8-11-18)19-6-4-3-5-13-28(19)22(29)27-17-9-12-20(31-2)21(14-17)32-15-23(24,25)26/h7-12,14,19H,3-6,13,15H2,1-2H3,(H,27,29). The number of carbonyl (C=O) groups is 1. The summed E-state index contributed by atoms with van der Waals surface area (Å²) in [5, 5.41) is 2.80. The van der Waals surface area contributed by atoms with Crippen LogP contribution in [0.3, 0.4) is 0 Å². The number of alkyl halides is 3. The minimum absolute atomic E-state index is 0.0924. The molecule has 2 amide bonds. The van der Waals surface area contributed by atoms with Gasteiger partial charge in [0.1, 0.15) is 5.75 Å². The average Bonchev–Trinajstić information content (AvgIpc) is 3.03. The van der Waals surface area contributed by atoms with Crippen LogP contribution in [0.2, 0.25) is 0 Å². The number of ether oxygens (including phenoxy) is 3. The molecule has 1 aliphatic rings. The highest BCUT2D eigenvalue weighted by molar-refractivity contribution is 5.90. The number of amides is 2. The molecule has 9 heteroatoms. The van der Waals surface area contributed by atoms with Gasteiger partial charge in [-0.05, 0) is 42.7 Å². The monoisotopic (exact) mass is 452 g/mol. The first-order valence-corrected chi connectivity index (χ1v) is 10.4. The van der Waals surface area contributed by atoms with Gasteiger partial charge in [0.25, 0.3) is 0 Å². The molecule has 32 heavy (non-hydrogen) atoms. The van der Waals surface area contributed by atoms with E-state index in [-0.39, 0.29) is 23.6 Å². The van der Waals surface area contributed by atoms with E-state index < -0.39 is 12.8 Å². The SMILES string of the molecule is COc1ccc(C2CCCCCN2C(=O)Nc2ccc(OC)c(OCC(F)(F)F)c2)cc1. The molecule has 1 heterocycles. The van der Waals surface area contributed by atoms with Gasteiger partial charge in [-0.2, -0.15) is 13.2 Å². The molecular formula is C23H27F3N2O4. The predicted molar refractivity (Wildman–Crippen MR) is 114 cm³/mol. The van der Waals surface area contributed by atoms with Gasteiger partial charge < -0.3 is 24.4 Å². The fourth-order valence-corrected chi connectivity index (χ4v) is 3.75. The van der Waals surface area contributed by atoms with E-state index in [9.17, 15) is 18.0 Å². The summed E-state index contributed by atoms with van der Waals surface area (Å²) in [6, 6.07) is 11.6. The number of nitrogens with one attached hydrogen (secondary N) is 1. The van der Waals surface area contributed by atoms with Crippen LogP contribution in [0, 0.1) is 0 Å². The van der Waals surface area contributed by atoms with Crippen molar-refractivity contribution in [1.82, 2.24) is 4.90 Å². The number of anilines is 1. The summed E-state index contributed by atoms with van der Waals surface area (Å²) in [5.74, 6) is 0.798. The summed E-state index contributed by atoms with van der Waals surface area (Å²) >= 11 is 0. The Labute approximate surface area is 185 Å². The number of rotatable bonds is 6. The highest BCUT2D eigenvalue weighted by Gasteiger charge is 2.30. The van der Waals surface area contributed by atoms with Gasteiger partial charge in [0, 0.05) is 18.3 Å². The number of halogens is 3. The minimum atomic E-state index is -4.48.